The SMILES string of the molecule is CCCC[Si](CCCC)(O[Si](CCCC)(CCCC)C1C=CC=C1)C1C=CC=C1. The van der Waals surface area contributed by atoms with E-state index in [0.29, 0.717) is 11.1 Å². The summed E-state index contributed by atoms with van der Waals surface area (Å²) in [4.78, 5) is 0. The van der Waals surface area contributed by atoms with Gasteiger partial charge in [-0.1, -0.05) is 128 Å². The lowest BCUT2D eigenvalue weighted by Gasteiger charge is -2.47. The minimum absolute atomic E-state index is 0.588. The van der Waals surface area contributed by atoms with Crippen molar-refractivity contribution in [2.24, 2.45) is 0 Å². The highest BCUT2D eigenvalue weighted by atomic mass is 28.4. The highest BCUT2D eigenvalue weighted by molar-refractivity contribution is 6.89. The minimum Gasteiger partial charge on any atom is -0.454 e. The number of hydrogen-bond donors (Lipinski definition) is 0. The molecule has 0 aromatic rings. The number of rotatable bonds is 16. The molecule has 3 heteroatoms. The Morgan fingerprint density at radius 3 is 1.03 bits per heavy atom. The molecule has 29 heavy (non-hydrogen) atoms. The van der Waals surface area contributed by atoms with Gasteiger partial charge in [0.1, 0.15) is 0 Å². The molecule has 2 rings (SSSR count). The molecule has 0 aromatic carbocycles. The summed E-state index contributed by atoms with van der Waals surface area (Å²) in [5.74, 6) is 0. The van der Waals surface area contributed by atoms with E-state index in [0.717, 1.165) is 0 Å². The third-order valence-corrected chi connectivity index (χ3v) is 18.2. The van der Waals surface area contributed by atoms with E-state index in [1.54, 1.807) is 0 Å². The molecule has 0 heterocycles. The van der Waals surface area contributed by atoms with Crippen LogP contribution in [0.4, 0.5) is 0 Å². The lowest BCUT2D eigenvalue weighted by atomic mass is 10.4. The van der Waals surface area contributed by atoms with Crippen molar-refractivity contribution in [1.29, 1.82) is 0 Å². The zero-order valence-electron chi connectivity index (χ0n) is 19.7. The molecule has 0 saturated heterocycles. The van der Waals surface area contributed by atoms with Crippen LogP contribution in [0.1, 0.15) is 79.1 Å². The van der Waals surface area contributed by atoms with Crippen LogP contribution in [0.15, 0.2) is 48.6 Å². The zero-order chi connectivity index (χ0) is 21.0. The van der Waals surface area contributed by atoms with Gasteiger partial charge in [-0.25, -0.2) is 0 Å². The summed E-state index contributed by atoms with van der Waals surface area (Å²) in [6.07, 6.45) is 29.5. The van der Waals surface area contributed by atoms with Crippen LogP contribution in [0.3, 0.4) is 0 Å². The highest BCUT2D eigenvalue weighted by Gasteiger charge is 2.50. The number of allylic oxidation sites excluding steroid dienone is 8. The maximum absolute atomic E-state index is 7.87. The molecule has 0 aromatic heterocycles. The van der Waals surface area contributed by atoms with E-state index in [2.05, 4.69) is 76.3 Å². The van der Waals surface area contributed by atoms with Gasteiger partial charge in [0, 0.05) is 11.1 Å². The van der Waals surface area contributed by atoms with Gasteiger partial charge in [0.2, 0.25) is 0 Å². The Balaban J connectivity index is 2.44. The van der Waals surface area contributed by atoms with Crippen molar-refractivity contribution in [1.82, 2.24) is 0 Å². The van der Waals surface area contributed by atoms with Crippen LogP contribution in [-0.2, 0) is 4.12 Å². The lowest BCUT2D eigenvalue weighted by Crippen LogP contribution is -2.55. The van der Waals surface area contributed by atoms with Gasteiger partial charge < -0.3 is 4.12 Å². The fourth-order valence-electron chi connectivity index (χ4n) is 5.13. The third kappa shape index (κ3) is 6.67. The van der Waals surface area contributed by atoms with Crippen molar-refractivity contribution in [2.45, 2.75) is 114 Å². The average molecular weight is 431 g/mol. The first-order valence-electron chi connectivity index (χ1n) is 12.6. The van der Waals surface area contributed by atoms with Gasteiger partial charge in [0.25, 0.3) is 0 Å². The second-order valence-corrected chi connectivity index (χ2v) is 17.6. The first-order chi connectivity index (χ1) is 14.2. The predicted molar refractivity (Wildman–Crippen MR) is 136 cm³/mol. The van der Waals surface area contributed by atoms with Crippen LogP contribution in [0, 0.1) is 0 Å². The van der Waals surface area contributed by atoms with E-state index in [-0.39, 0.29) is 0 Å². The molecule has 0 unspecified atom stereocenters. The molecular weight excluding hydrogens is 384 g/mol. The highest BCUT2D eigenvalue weighted by Crippen LogP contribution is 2.47. The van der Waals surface area contributed by atoms with E-state index in [1.165, 1.54) is 75.5 Å². The van der Waals surface area contributed by atoms with Gasteiger partial charge in [-0.15, -0.1) is 0 Å². The van der Waals surface area contributed by atoms with Crippen molar-refractivity contribution in [2.75, 3.05) is 0 Å². The van der Waals surface area contributed by atoms with Crippen LogP contribution < -0.4 is 0 Å². The second kappa shape index (κ2) is 12.9. The molecule has 2 aliphatic carbocycles. The summed E-state index contributed by atoms with van der Waals surface area (Å²) >= 11 is 0. The second-order valence-electron chi connectivity index (χ2n) is 9.24. The minimum atomic E-state index is -1.89. The summed E-state index contributed by atoms with van der Waals surface area (Å²) in [7, 11) is -3.77. The van der Waals surface area contributed by atoms with Gasteiger partial charge >= 0.3 is 0 Å². The van der Waals surface area contributed by atoms with E-state index >= 15 is 0 Å². The topological polar surface area (TPSA) is 9.23 Å². The third-order valence-electron chi connectivity index (χ3n) is 6.93. The molecular formula is C26H46OSi2. The summed E-state index contributed by atoms with van der Waals surface area (Å²) in [5.41, 5.74) is 1.18. The molecule has 0 amide bonds. The van der Waals surface area contributed by atoms with Gasteiger partial charge in [-0.05, 0) is 24.2 Å². The van der Waals surface area contributed by atoms with E-state index < -0.39 is 16.6 Å². The van der Waals surface area contributed by atoms with Crippen molar-refractivity contribution in [3.63, 3.8) is 0 Å². The van der Waals surface area contributed by atoms with Crippen LogP contribution in [-0.4, -0.2) is 16.6 Å². The van der Waals surface area contributed by atoms with Crippen LogP contribution >= 0.6 is 0 Å². The van der Waals surface area contributed by atoms with Gasteiger partial charge in [-0.3, -0.25) is 0 Å². The summed E-state index contributed by atoms with van der Waals surface area (Å²) in [5, 5.41) is 0. The molecule has 0 spiro atoms. The Hall–Kier alpha value is -0.646. The van der Waals surface area contributed by atoms with Gasteiger partial charge in [0.05, 0.1) is 0 Å². The first kappa shape index (κ1) is 24.6. The average Bonchev–Trinajstić information content (AvgIpc) is 3.46. The largest absolute Gasteiger partial charge is 0.454 e. The van der Waals surface area contributed by atoms with E-state index in [9.17, 15) is 0 Å². The Morgan fingerprint density at radius 2 is 0.793 bits per heavy atom. The van der Waals surface area contributed by atoms with Crippen LogP contribution in [0.5, 0.6) is 0 Å². The normalized spacial score (nSPS) is 17.2. The molecule has 0 aliphatic heterocycles. The molecule has 164 valence electrons. The van der Waals surface area contributed by atoms with Gasteiger partial charge in [-0.2, -0.15) is 0 Å². The molecule has 0 bridgehead atoms. The smallest absolute Gasteiger partial charge is 0.190 e. The summed E-state index contributed by atoms with van der Waals surface area (Å²) < 4.78 is 7.87. The first-order valence-corrected chi connectivity index (χ1v) is 17.4. The van der Waals surface area contributed by atoms with Crippen LogP contribution in [0.2, 0.25) is 35.3 Å². The molecule has 0 N–H and O–H groups in total. The van der Waals surface area contributed by atoms with E-state index in [1.807, 2.05) is 0 Å². The zero-order valence-corrected chi connectivity index (χ0v) is 21.7. The van der Waals surface area contributed by atoms with E-state index in [4.69, 9.17) is 4.12 Å². The fourth-order valence-corrected chi connectivity index (χ4v) is 18.6. The molecule has 0 atom stereocenters. The predicted octanol–water partition coefficient (Wildman–Crippen LogP) is 9.09. The fraction of sp³-hybridized carbons (Fsp3) is 0.692. The Bertz CT molecular complexity index is 485. The van der Waals surface area contributed by atoms with Crippen molar-refractivity contribution >= 4 is 16.6 Å². The number of unbranched alkanes of at least 4 members (excludes halogenated alkanes) is 4. The number of hydrogen-bond acceptors (Lipinski definition) is 1. The molecule has 0 radical (unpaired) electrons. The molecule has 1 nitrogen and oxygen atoms in total. The lowest BCUT2D eigenvalue weighted by molar-refractivity contribution is 0.477. The quantitative estimate of drug-likeness (QED) is 0.222. The summed E-state index contributed by atoms with van der Waals surface area (Å²) in [6.45, 7) is 9.39. The van der Waals surface area contributed by atoms with Crippen molar-refractivity contribution in [3.05, 3.63) is 48.6 Å². The van der Waals surface area contributed by atoms with Crippen molar-refractivity contribution < 1.29 is 4.12 Å². The monoisotopic (exact) mass is 430 g/mol. The summed E-state index contributed by atoms with van der Waals surface area (Å²) in [6, 6.07) is 5.37. The van der Waals surface area contributed by atoms with Gasteiger partial charge in [0.15, 0.2) is 16.6 Å². The Morgan fingerprint density at radius 1 is 0.517 bits per heavy atom. The van der Waals surface area contributed by atoms with Crippen molar-refractivity contribution in [3.8, 4) is 0 Å². The standard InChI is InChI=1S/C26H46OSi2/c1-5-9-21-28(22-10-6-2,25-17-13-14-18-25)27-29(23-11-7-3,24-12-8-4)26-19-15-16-20-26/h13-20,25-26H,5-12,21-24H2,1-4H3. The molecule has 2 aliphatic rings. The molecule has 0 fully saturated rings. The Labute approximate surface area is 183 Å². The maximum atomic E-state index is 7.87. The molecule has 0 saturated carbocycles. The van der Waals surface area contributed by atoms with Crippen LogP contribution in [0.25, 0.3) is 0 Å². The Kier molecular flexibility index (Phi) is 11.0. The maximum Gasteiger partial charge on any atom is 0.190 e.